The van der Waals surface area contributed by atoms with Crippen LogP contribution in [0.4, 0.5) is 13.2 Å². The number of ether oxygens (including phenoxy) is 1. The second kappa shape index (κ2) is 6.77. The van der Waals surface area contributed by atoms with Crippen molar-refractivity contribution in [2.45, 2.75) is 19.1 Å². The average Bonchev–Trinajstić information content (AvgIpc) is 2.23. The summed E-state index contributed by atoms with van der Waals surface area (Å²) in [5, 5.41) is 2.75. The van der Waals surface area contributed by atoms with Gasteiger partial charge in [0.1, 0.15) is 5.75 Å². The number of hydrogen-bond acceptors (Lipinski definition) is 2. The van der Waals surface area contributed by atoms with Gasteiger partial charge in [-0.2, -0.15) is 13.2 Å². The minimum atomic E-state index is -4.12. The third kappa shape index (κ3) is 5.16. The van der Waals surface area contributed by atoms with Crippen molar-refractivity contribution in [2.75, 3.05) is 13.7 Å². The third-order valence-corrected chi connectivity index (χ3v) is 3.35. The number of hydrogen-bond donors (Lipinski definition) is 1. The quantitative estimate of drug-likeness (QED) is 0.758. The number of halogens is 5. The Bertz CT molecular complexity index is 387. The van der Waals surface area contributed by atoms with Crippen molar-refractivity contribution in [3.8, 4) is 5.75 Å². The van der Waals surface area contributed by atoms with Crippen molar-refractivity contribution in [3.63, 3.8) is 0 Å². The van der Waals surface area contributed by atoms with E-state index in [-0.39, 0.29) is 6.54 Å². The van der Waals surface area contributed by atoms with E-state index in [0.717, 1.165) is 14.5 Å². The van der Waals surface area contributed by atoms with Crippen molar-refractivity contribution in [3.05, 3.63) is 26.6 Å². The highest BCUT2D eigenvalue weighted by Crippen LogP contribution is 2.34. The van der Waals surface area contributed by atoms with Gasteiger partial charge < -0.3 is 10.1 Å². The van der Waals surface area contributed by atoms with Crippen LogP contribution in [0.2, 0.25) is 0 Å². The summed E-state index contributed by atoms with van der Waals surface area (Å²) in [6, 6.07) is 3.62. The molecule has 1 aromatic carbocycles. The number of rotatable bonds is 5. The van der Waals surface area contributed by atoms with Crippen LogP contribution < -0.4 is 10.1 Å². The topological polar surface area (TPSA) is 21.3 Å². The largest absolute Gasteiger partial charge is 0.494 e. The van der Waals surface area contributed by atoms with Gasteiger partial charge in [-0.3, -0.25) is 0 Å². The van der Waals surface area contributed by atoms with Crippen molar-refractivity contribution in [1.29, 1.82) is 0 Å². The van der Waals surface area contributed by atoms with Crippen molar-refractivity contribution >= 4 is 31.9 Å². The fourth-order valence-electron chi connectivity index (χ4n) is 1.37. The smallest absolute Gasteiger partial charge is 0.390 e. The van der Waals surface area contributed by atoms with Gasteiger partial charge in [0.15, 0.2) is 0 Å². The van der Waals surface area contributed by atoms with Crippen molar-refractivity contribution in [2.24, 2.45) is 0 Å². The molecule has 0 amide bonds. The maximum atomic E-state index is 11.9. The maximum absolute atomic E-state index is 11.9. The normalized spacial score (nSPS) is 11.7. The Morgan fingerprint density at radius 3 is 2.22 bits per heavy atom. The summed E-state index contributed by atoms with van der Waals surface area (Å²) in [6.45, 7) is 0.280. The zero-order valence-electron chi connectivity index (χ0n) is 9.57. The van der Waals surface area contributed by atoms with Gasteiger partial charge in [0.2, 0.25) is 0 Å². The molecule has 1 N–H and O–H groups in total. The Labute approximate surface area is 120 Å². The fourth-order valence-corrected chi connectivity index (χ4v) is 2.98. The minimum absolute atomic E-state index is 0.0925. The predicted octanol–water partition coefficient (Wildman–Crippen LogP) is 4.26. The summed E-state index contributed by atoms with van der Waals surface area (Å²) in [5.74, 6) is 0.661. The van der Waals surface area contributed by atoms with Gasteiger partial charge in [-0.15, -0.1) is 0 Å². The zero-order chi connectivity index (χ0) is 13.8. The number of nitrogens with one attached hydrogen (secondary N) is 1. The van der Waals surface area contributed by atoms with Crippen LogP contribution in [-0.4, -0.2) is 19.8 Å². The molecule has 0 aliphatic rings. The first-order valence-corrected chi connectivity index (χ1v) is 6.71. The Balaban J connectivity index is 2.54. The lowest BCUT2D eigenvalue weighted by molar-refractivity contribution is -0.133. The van der Waals surface area contributed by atoms with Gasteiger partial charge in [0.25, 0.3) is 0 Å². The first kappa shape index (κ1) is 15.8. The summed E-state index contributed by atoms with van der Waals surface area (Å²) in [5.41, 5.74) is 0.872. The van der Waals surface area contributed by atoms with Crippen LogP contribution in [0.1, 0.15) is 12.0 Å². The van der Waals surface area contributed by atoms with Crippen LogP contribution in [0.25, 0.3) is 0 Å². The van der Waals surface area contributed by atoms with Crippen LogP contribution in [0, 0.1) is 0 Å². The molecule has 0 saturated carbocycles. The summed E-state index contributed by atoms with van der Waals surface area (Å²) in [6.07, 6.45) is -4.94. The molecule has 18 heavy (non-hydrogen) atoms. The summed E-state index contributed by atoms with van der Waals surface area (Å²) in [7, 11) is 1.55. The number of alkyl halides is 3. The van der Waals surface area contributed by atoms with Gasteiger partial charge in [0.05, 0.1) is 22.5 Å². The molecule has 2 nitrogen and oxygen atoms in total. The molecule has 0 saturated heterocycles. The number of benzene rings is 1. The molecule has 0 heterocycles. The van der Waals surface area contributed by atoms with Crippen LogP contribution >= 0.6 is 31.9 Å². The third-order valence-electron chi connectivity index (χ3n) is 2.18. The van der Waals surface area contributed by atoms with E-state index < -0.39 is 12.6 Å². The fraction of sp³-hybridized carbons (Fsp3) is 0.455. The molecule has 102 valence electrons. The van der Waals surface area contributed by atoms with E-state index in [9.17, 15) is 13.2 Å². The molecule has 1 rings (SSSR count). The van der Waals surface area contributed by atoms with E-state index in [2.05, 4.69) is 37.2 Å². The summed E-state index contributed by atoms with van der Waals surface area (Å²) < 4.78 is 42.5. The molecule has 0 aliphatic heterocycles. The van der Waals surface area contributed by atoms with E-state index in [4.69, 9.17) is 4.74 Å². The highest BCUT2D eigenvalue weighted by molar-refractivity contribution is 9.11. The van der Waals surface area contributed by atoms with E-state index in [0.29, 0.717) is 12.3 Å². The second-order valence-electron chi connectivity index (χ2n) is 3.63. The lowest BCUT2D eigenvalue weighted by Crippen LogP contribution is -2.21. The Morgan fingerprint density at radius 2 is 1.78 bits per heavy atom. The Kier molecular flexibility index (Phi) is 5.94. The standard InChI is InChI=1S/C11H12Br2F3NO/c1-18-10-8(12)4-7(5-9(10)13)6-17-3-2-11(14,15)16/h4-5,17H,2-3,6H2,1H3. The molecule has 0 aliphatic carbocycles. The molecule has 0 spiro atoms. The SMILES string of the molecule is COc1c(Br)cc(CNCCC(F)(F)F)cc1Br. The van der Waals surface area contributed by atoms with E-state index in [1.165, 1.54) is 0 Å². The monoisotopic (exact) mass is 389 g/mol. The van der Waals surface area contributed by atoms with Gasteiger partial charge in [-0.1, -0.05) is 0 Å². The highest BCUT2D eigenvalue weighted by atomic mass is 79.9. The molecule has 0 atom stereocenters. The molecular weight excluding hydrogens is 379 g/mol. The first-order valence-electron chi connectivity index (χ1n) is 5.13. The Morgan fingerprint density at radius 1 is 1.22 bits per heavy atom. The summed E-state index contributed by atoms with van der Waals surface area (Å²) >= 11 is 6.67. The lowest BCUT2D eigenvalue weighted by atomic mass is 10.2. The van der Waals surface area contributed by atoms with Gasteiger partial charge in [0, 0.05) is 13.1 Å². The molecule has 0 aromatic heterocycles. The maximum Gasteiger partial charge on any atom is 0.390 e. The molecule has 0 bridgehead atoms. The predicted molar refractivity (Wildman–Crippen MR) is 70.8 cm³/mol. The van der Waals surface area contributed by atoms with Gasteiger partial charge in [-0.05, 0) is 49.6 Å². The first-order chi connectivity index (χ1) is 8.33. The molecule has 7 heteroatoms. The molecular formula is C11H12Br2F3NO. The van der Waals surface area contributed by atoms with Crippen LogP contribution in [0.5, 0.6) is 5.75 Å². The van der Waals surface area contributed by atoms with E-state index in [1.54, 1.807) is 7.11 Å². The van der Waals surface area contributed by atoms with E-state index >= 15 is 0 Å². The second-order valence-corrected chi connectivity index (χ2v) is 5.34. The van der Waals surface area contributed by atoms with Crippen LogP contribution in [-0.2, 0) is 6.54 Å². The van der Waals surface area contributed by atoms with Crippen molar-refractivity contribution < 1.29 is 17.9 Å². The van der Waals surface area contributed by atoms with Crippen molar-refractivity contribution in [1.82, 2.24) is 5.32 Å². The number of methoxy groups -OCH3 is 1. The van der Waals surface area contributed by atoms with Crippen LogP contribution in [0.15, 0.2) is 21.1 Å². The molecule has 1 aromatic rings. The molecule has 0 unspecified atom stereocenters. The minimum Gasteiger partial charge on any atom is -0.494 e. The van der Waals surface area contributed by atoms with Crippen LogP contribution in [0.3, 0.4) is 0 Å². The van der Waals surface area contributed by atoms with Gasteiger partial charge >= 0.3 is 6.18 Å². The van der Waals surface area contributed by atoms with Gasteiger partial charge in [-0.25, -0.2) is 0 Å². The lowest BCUT2D eigenvalue weighted by Gasteiger charge is -2.11. The summed E-state index contributed by atoms with van der Waals surface area (Å²) in [4.78, 5) is 0. The zero-order valence-corrected chi connectivity index (χ0v) is 12.7. The molecule has 0 radical (unpaired) electrons. The Hall–Kier alpha value is -0.270. The van der Waals surface area contributed by atoms with E-state index in [1.807, 2.05) is 12.1 Å². The average molecular weight is 391 g/mol. The highest BCUT2D eigenvalue weighted by Gasteiger charge is 2.25. The molecule has 0 fully saturated rings.